The van der Waals surface area contributed by atoms with Crippen LogP contribution in [0, 0.1) is 11.2 Å². The third-order valence-electron chi connectivity index (χ3n) is 4.36. The maximum atomic E-state index is 13.1. The van der Waals surface area contributed by atoms with Gasteiger partial charge in [0.15, 0.2) is 0 Å². The molecule has 2 aromatic rings. The predicted molar refractivity (Wildman–Crippen MR) is 119 cm³/mol. The number of benzene rings is 2. The molecule has 2 atom stereocenters. The van der Waals surface area contributed by atoms with Crippen molar-refractivity contribution in [2.75, 3.05) is 21.7 Å². The van der Waals surface area contributed by atoms with Crippen LogP contribution in [0.25, 0.3) is 0 Å². The molecule has 0 aliphatic heterocycles. The number of amides is 3. The first kappa shape index (κ1) is 24.2. The van der Waals surface area contributed by atoms with Gasteiger partial charge in [-0.1, -0.05) is 39.0 Å². The number of carbonyl (C=O) groups excluding carboxylic acids is 3. The van der Waals surface area contributed by atoms with Gasteiger partial charge < -0.3 is 11.1 Å². The standard InChI is InChI=1S/C22H26FN3O4S/c1-22(2,3)20(21(24)29)26(17-7-5-4-6-8-17)19(28)14-31(30)13-18(27)25-16-11-9-15(23)10-12-16/h4-12,20H,13-14H2,1-3H3,(H2,24,29)(H,25,27). The number of para-hydroxylation sites is 1. The summed E-state index contributed by atoms with van der Waals surface area (Å²) in [5.74, 6) is -3.20. The molecule has 0 saturated carbocycles. The molecule has 2 unspecified atom stereocenters. The quantitative estimate of drug-likeness (QED) is 0.648. The highest BCUT2D eigenvalue weighted by molar-refractivity contribution is 7.86. The lowest BCUT2D eigenvalue weighted by molar-refractivity contribution is -0.125. The third kappa shape index (κ3) is 6.99. The van der Waals surface area contributed by atoms with Crippen molar-refractivity contribution < 1.29 is 23.0 Å². The second-order valence-electron chi connectivity index (χ2n) is 8.05. The maximum absolute atomic E-state index is 13.1. The number of nitrogens with zero attached hydrogens (tertiary/aromatic N) is 1. The van der Waals surface area contributed by atoms with E-state index in [4.69, 9.17) is 5.73 Å². The maximum Gasteiger partial charge on any atom is 0.241 e. The van der Waals surface area contributed by atoms with Crippen molar-refractivity contribution in [2.24, 2.45) is 11.1 Å². The molecule has 0 aliphatic rings. The van der Waals surface area contributed by atoms with Gasteiger partial charge in [-0.15, -0.1) is 0 Å². The number of hydrogen-bond donors (Lipinski definition) is 2. The largest absolute Gasteiger partial charge is 0.368 e. The highest BCUT2D eigenvalue weighted by Crippen LogP contribution is 2.29. The molecule has 2 aromatic carbocycles. The number of nitrogens with two attached hydrogens (primary N) is 1. The van der Waals surface area contributed by atoms with E-state index in [0.717, 1.165) is 0 Å². The molecular weight excluding hydrogens is 421 g/mol. The SMILES string of the molecule is CC(C)(C)C(C(N)=O)N(C(=O)CS(=O)CC(=O)Nc1ccc(F)cc1)c1ccccc1. The predicted octanol–water partition coefficient (Wildman–Crippen LogP) is 2.45. The van der Waals surface area contributed by atoms with Crippen molar-refractivity contribution in [3.8, 4) is 0 Å². The van der Waals surface area contributed by atoms with Gasteiger partial charge in [-0.05, 0) is 41.8 Å². The number of rotatable bonds is 8. The van der Waals surface area contributed by atoms with Gasteiger partial charge in [0.05, 0.1) is 0 Å². The Morgan fingerprint density at radius 2 is 1.61 bits per heavy atom. The minimum atomic E-state index is -1.84. The smallest absolute Gasteiger partial charge is 0.241 e. The molecule has 0 heterocycles. The van der Waals surface area contributed by atoms with Crippen molar-refractivity contribution in [3.05, 3.63) is 60.4 Å². The Labute approximate surface area is 183 Å². The van der Waals surface area contributed by atoms with Crippen LogP contribution < -0.4 is 16.0 Å². The van der Waals surface area contributed by atoms with Gasteiger partial charge in [0.2, 0.25) is 17.7 Å². The van der Waals surface area contributed by atoms with Gasteiger partial charge in [0, 0.05) is 22.2 Å². The second kappa shape index (κ2) is 10.3. The van der Waals surface area contributed by atoms with Crippen LogP contribution in [0.5, 0.6) is 0 Å². The van der Waals surface area contributed by atoms with Crippen LogP contribution in [0.2, 0.25) is 0 Å². The Hall–Kier alpha value is -3.07. The number of hydrogen-bond acceptors (Lipinski definition) is 4. The lowest BCUT2D eigenvalue weighted by atomic mass is 9.84. The molecule has 0 radical (unpaired) electrons. The number of primary amides is 1. The fourth-order valence-electron chi connectivity index (χ4n) is 3.10. The van der Waals surface area contributed by atoms with Crippen LogP contribution in [-0.2, 0) is 25.2 Å². The van der Waals surface area contributed by atoms with Crippen molar-refractivity contribution in [1.82, 2.24) is 0 Å². The Morgan fingerprint density at radius 3 is 2.13 bits per heavy atom. The van der Waals surface area contributed by atoms with E-state index in [1.54, 1.807) is 51.1 Å². The van der Waals surface area contributed by atoms with E-state index < -0.39 is 57.3 Å². The molecule has 3 amide bonds. The Morgan fingerprint density at radius 1 is 1.03 bits per heavy atom. The van der Waals surface area contributed by atoms with Crippen molar-refractivity contribution in [3.63, 3.8) is 0 Å². The van der Waals surface area contributed by atoms with E-state index in [9.17, 15) is 23.0 Å². The molecule has 9 heteroatoms. The van der Waals surface area contributed by atoms with Crippen molar-refractivity contribution in [2.45, 2.75) is 26.8 Å². The van der Waals surface area contributed by atoms with Gasteiger partial charge in [-0.2, -0.15) is 0 Å². The van der Waals surface area contributed by atoms with Crippen molar-refractivity contribution in [1.29, 1.82) is 0 Å². The Bertz CT molecular complexity index is 959. The minimum absolute atomic E-state index is 0.349. The zero-order valence-corrected chi connectivity index (χ0v) is 18.4. The molecule has 3 N–H and O–H groups in total. The number of anilines is 2. The topological polar surface area (TPSA) is 110 Å². The van der Waals surface area contributed by atoms with E-state index in [0.29, 0.717) is 11.4 Å². The lowest BCUT2D eigenvalue weighted by Crippen LogP contribution is -2.56. The zero-order valence-electron chi connectivity index (χ0n) is 17.6. The monoisotopic (exact) mass is 447 g/mol. The number of halogens is 1. The molecule has 31 heavy (non-hydrogen) atoms. The van der Waals surface area contributed by atoms with Crippen LogP contribution in [0.1, 0.15) is 20.8 Å². The number of carbonyl (C=O) groups is 3. The average Bonchev–Trinajstić information content (AvgIpc) is 2.66. The summed E-state index contributed by atoms with van der Waals surface area (Å²) in [5.41, 5.74) is 5.72. The summed E-state index contributed by atoms with van der Waals surface area (Å²) in [7, 11) is -1.84. The summed E-state index contributed by atoms with van der Waals surface area (Å²) in [5, 5.41) is 2.50. The zero-order chi connectivity index (χ0) is 23.2. The average molecular weight is 448 g/mol. The van der Waals surface area contributed by atoms with Crippen LogP contribution in [0.3, 0.4) is 0 Å². The summed E-state index contributed by atoms with van der Waals surface area (Å²) < 4.78 is 25.5. The van der Waals surface area contributed by atoms with Gasteiger partial charge >= 0.3 is 0 Å². The normalized spacial score (nSPS) is 13.2. The highest BCUT2D eigenvalue weighted by Gasteiger charge is 2.39. The molecule has 0 aliphatic carbocycles. The summed E-state index contributed by atoms with van der Waals surface area (Å²) in [6, 6.07) is 12.6. The van der Waals surface area contributed by atoms with Crippen LogP contribution in [-0.4, -0.2) is 39.5 Å². The first-order chi connectivity index (χ1) is 14.5. The number of nitrogens with one attached hydrogen (secondary N) is 1. The second-order valence-corrected chi connectivity index (χ2v) is 9.51. The molecule has 2 rings (SSSR count). The molecule has 0 fully saturated rings. The highest BCUT2D eigenvalue weighted by atomic mass is 32.2. The fourth-order valence-corrected chi connectivity index (χ4v) is 3.98. The lowest BCUT2D eigenvalue weighted by Gasteiger charge is -2.38. The summed E-state index contributed by atoms with van der Waals surface area (Å²) in [4.78, 5) is 38.7. The first-order valence-corrected chi connectivity index (χ1v) is 11.0. The summed E-state index contributed by atoms with van der Waals surface area (Å²) in [6.07, 6.45) is 0. The van der Waals surface area contributed by atoms with Crippen LogP contribution in [0.15, 0.2) is 54.6 Å². The molecule has 0 aromatic heterocycles. The summed E-state index contributed by atoms with van der Waals surface area (Å²) in [6.45, 7) is 5.33. The van der Waals surface area contributed by atoms with Gasteiger partial charge in [-0.3, -0.25) is 23.5 Å². The molecule has 0 spiro atoms. The Kier molecular flexibility index (Phi) is 8.04. The van der Waals surface area contributed by atoms with E-state index in [1.807, 2.05) is 0 Å². The molecule has 166 valence electrons. The van der Waals surface area contributed by atoms with E-state index >= 15 is 0 Å². The van der Waals surface area contributed by atoms with Crippen molar-refractivity contribution >= 4 is 39.9 Å². The van der Waals surface area contributed by atoms with Crippen LogP contribution in [0.4, 0.5) is 15.8 Å². The van der Waals surface area contributed by atoms with Gasteiger partial charge in [0.1, 0.15) is 23.4 Å². The van der Waals surface area contributed by atoms with Crippen LogP contribution >= 0.6 is 0 Å². The van der Waals surface area contributed by atoms with E-state index in [1.165, 1.54) is 29.2 Å². The third-order valence-corrected chi connectivity index (χ3v) is 5.51. The molecule has 0 bridgehead atoms. The van der Waals surface area contributed by atoms with E-state index in [-0.39, 0.29) is 0 Å². The summed E-state index contributed by atoms with van der Waals surface area (Å²) >= 11 is 0. The van der Waals surface area contributed by atoms with Gasteiger partial charge in [0.25, 0.3) is 0 Å². The molecule has 7 nitrogen and oxygen atoms in total. The molecule has 0 saturated heterocycles. The van der Waals surface area contributed by atoms with E-state index in [2.05, 4.69) is 5.32 Å². The molecular formula is C22H26FN3O4S. The Balaban J connectivity index is 2.15. The first-order valence-electron chi connectivity index (χ1n) is 9.56. The fraction of sp³-hybridized carbons (Fsp3) is 0.318. The van der Waals surface area contributed by atoms with Gasteiger partial charge in [-0.25, -0.2) is 4.39 Å². The minimum Gasteiger partial charge on any atom is -0.368 e.